The molecule has 0 atom stereocenters. The third kappa shape index (κ3) is 2.34. The predicted octanol–water partition coefficient (Wildman–Crippen LogP) is 2.90. The van der Waals surface area contributed by atoms with Crippen molar-refractivity contribution in [3.8, 4) is 0 Å². The van der Waals surface area contributed by atoms with Gasteiger partial charge in [-0.2, -0.15) is 0 Å². The van der Waals surface area contributed by atoms with Crippen LogP contribution in [0.2, 0.25) is 0 Å². The first-order valence-electron chi connectivity index (χ1n) is 4.96. The third-order valence-corrected chi connectivity index (χ3v) is 2.88. The van der Waals surface area contributed by atoms with Crippen LogP contribution in [0.5, 0.6) is 0 Å². The molecule has 0 aliphatic carbocycles. The highest BCUT2D eigenvalue weighted by Gasteiger charge is 2.17. The van der Waals surface area contributed by atoms with E-state index in [2.05, 4.69) is 15.9 Å². The molecule has 0 aliphatic heterocycles. The van der Waals surface area contributed by atoms with Crippen molar-refractivity contribution in [1.29, 1.82) is 0 Å². The van der Waals surface area contributed by atoms with E-state index in [9.17, 15) is 4.79 Å². The number of anilines is 2. The molecule has 0 saturated heterocycles. The largest absolute Gasteiger partial charge is 0.459 e. The molecule has 1 amide bonds. The van der Waals surface area contributed by atoms with Crippen LogP contribution in [0.15, 0.2) is 45.5 Å². The Morgan fingerprint density at radius 1 is 1.41 bits per heavy atom. The second-order valence-corrected chi connectivity index (χ2v) is 4.46. The molecule has 1 aromatic heterocycles. The molecule has 2 aromatic rings. The van der Waals surface area contributed by atoms with Gasteiger partial charge in [0.2, 0.25) is 0 Å². The van der Waals surface area contributed by atoms with Gasteiger partial charge in [0, 0.05) is 11.5 Å². The van der Waals surface area contributed by atoms with Crippen molar-refractivity contribution in [3.63, 3.8) is 0 Å². The zero-order valence-corrected chi connectivity index (χ0v) is 10.8. The van der Waals surface area contributed by atoms with Crippen LogP contribution in [-0.4, -0.2) is 13.0 Å². The van der Waals surface area contributed by atoms with Crippen molar-refractivity contribution in [2.24, 2.45) is 0 Å². The summed E-state index contributed by atoms with van der Waals surface area (Å²) >= 11 is 3.32. The van der Waals surface area contributed by atoms with Crippen LogP contribution < -0.4 is 10.6 Å². The number of carbonyl (C=O) groups excluding carboxylic acids is 1. The highest BCUT2D eigenvalue weighted by Crippen LogP contribution is 2.26. The topological polar surface area (TPSA) is 59.5 Å². The van der Waals surface area contributed by atoms with Crippen molar-refractivity contribution in [2.75, 3.05) is 17.7 Å². The Kier molecular flexibility index (Phi) is 3.19. The van der Waals surface area contributed by atoms with Gasteiger partial charge >= 0.3 is 0 Å². The number of hydrogen-bond acceptors (Lipinski definition) is 3. The number of nitrogen functional groups attached to an aromatic ring is 1. The van der Waals surface area contributed by atoms with Crippen molar-refractivity contribution >= 4 is 33.2 Å². The molecule has 5 heteroatoms. The van der Waals surface area contributed by atoms with Crippen molar-refractivity contribution < 1.29 is 9.21 Å². The number of rotatable bonds is 2. The van der Waals surface area contributed by atoms with Crippen LogP contribution >= 0.6 is 15.9 Å². The van der Waals surface area contributed by atoms with Gasteiger partial charge in [0.1, 0.15) is 0 Å². The fourth-order valence-corrected chi connectivity index (χ4v) is 1.88. The first-order chi connectivity index (χ1) is 8.09. The monoisotopic (exact) mass is 294 g/mol. The molecule has 0 unspecified atom stereocenters. The maximum atomic E-state index is 12.0. The predicted molar refractivity (Wildman–Crippen MR) is 70.0 cm³/mol. The van der Waals surface area contributed by atoms with E-state index >= 15 is 0 Å². The molecule has 2 N–H and O–H groups in total. The second kappa shape index (κ2) is 4.63. The van der Waals surface area contributed by atoms with E-state index in [1.54, 1.807) is 31.3 Å². The quantitative estimate of drug-likeness (QED) is 0.867. The molecule has 0 aliphatic rings. The molecule has 0 bridgehead atoms. The van der Waals surface area contributed by atoms with Gasteiger partial charge in [-0.15, -0.1) is 0 Å². The van der Waals surface area contributed by atoms with E-state index in [1.807, 2.05) is 6.07 Å². The summed E-state index contributed by atoms with van der Waals surface area (Å²) in [7, 11) is 1.66. The highest BCUT2D eigenvalue weighted by atomic mass is 79.9. The number of halogens is 1. The Morgan fingerprint density at radius 2 is 2.18 bits per heavy atom. The summed E-state index contributed by atoms with van der Waals surface area (Å²) in [5.74, 6) is 0.0545. The minimum atomic E-state index is -0.232. The molecule has 1 aromatic carbocycles. The van der Waals surface area contributed by atoms with E-state index in [-0.39, 0.29) is 11.7 Å². The average Bonchev–Trinajstić information content (AvgIpc) is 2.80. The van der Waals surface area contributed by atoms with Crippen molar-refractivity contribution in [1.82, 2.24) is 0 Å². The molecule has 88 valence electrons. The van der Waals surface area contributed by atoms with Gasteiger partial charge < -0.3 is 15.1 Å². The lowest BCUT2D eigenvalue weighted by molar-refractivity contribution is 0.0966. The van der Waals surface area contributed by atoms with E-state index < -0.39 is 0 Å². The van der Waals surface area contributed by atoms with Gasteiger partial charge in [-0.1, -0.05) is 15.9 Å². The average molecular weight is 295 g/mol. The Hall–Kier alpha value is -1.75. The van der Waals surface area contributed by atoms with Crippen LogP contribution in [0.25, 0.3) is 0 Å². The summed E-state index contributed by atoms with van der Waals surface area (Å²) in [5.41, 5.74) is 7.04. The van der Waals surface area contributed by atoms with Crippen LogP contribution in [0.1, 0.15) is 10.6 Å². The Labute approximate surface area is 107 Å². The molecule has 0 spiro atoms. The number of nitrogens with zero attached hydrogens (tertiary/aromatic N) is 1. The SMILES string of the molecule is CN(C(=O)c1ccco1)c1ccc(Br)cc1N. The van der Waals surface area contributed by atoms with Crippen molar-refractivity contribution in [3.05, 3.63) is 46.8 Å². The summed E-state index contributed by atoms with van der Waals surface area (Å²) in [5, 5.41) is 0. The van der Waals surface area contributed by atoms with E-state index in [0.29, 0.717) is 11.4 Å². The number of benzene rings is 1. The molecule has 4 nitrogen and oxygen atoms in total. The molecule has 0 saturated carbocycles. The molecule has 0 fully saturated rings. The number of furan rings is 1. The highest BCUT2D eigenvalue weighted by molar-refractivity contribution is 9.10. The Morgan fingerprint density at radius 3 is 2.76 bits per heavy atom. The maximum Gasteiger partial charge on any atom is 0.293 e. The normalized spacial score (nSPS) is 10.2. The van der Waals surface area contributed by atoms with Crippen LogP contribution in [0.3, 0.4) is 0 Å². The van der Waals surface area contributed by atoms with Gasteiger partial charge in [0.15, 0.2) is 5.76 Å². The summed E-state index contributed by atoms with van der Waals surface area (Å²) in [6.07, 6.45) is 1.46. The lowest BCUT2D eigenvalue weighted by Gasteiger charge is -2.18. The Balaban J connectivity index is 2.31. The smallest absolute Gasteiger partial charge is 0.293 e. The molecular weight excluding hydrogens is 284 g/mol. The second-order valence-electron chi connectivity index (χ2n) is 3.54. The van der Waals surface area contributed by atoms with E-state index in [4.69, 9.17) is 10.2 Å². The lowest BCUT2D eigenvalue weighted by atomic mass is 10.2. The fraction of sp³-hybridized carbons (Fsp3) is 0.0833. The van der Waals surface area contributed by atoms with Gasteiger partial charge in [0.05, 0.1) is 17.6 Å². The van der Waals surface area contributed by atoms with Gasteiger partial charge in [-0.3, -0.25) is 4.79 Å². The molecular formula is C12H11BrN2O2. The number of hydrogen-bond donors (Lipinski definition) is 1. The zero-order valence-electron chi connectivity index (χ0n) is 9.18. The van der Waals surface area contributed by atoms with Gasteiger partial charge in [-0.05, 0) is 30.3 Å². The minimum Gasteiger partial charge on any atom is -0.459 e. The minimum absolute atomic E-state index is 0.232. The maximum absolute atomic E-state index is 12.0. The summed E-state index contributed by atoms with van der Waals surface area (Å²) in [4.78, 5) is 13.5. The first-order valence-corrected chi connectivity index (χ1v) is 5.75. The standard InChI is InChI=1S/C12H11BrN2O2/c1-15(12(16)11-3-2-6-17-11)10-5-4-8(13)7-9(10)14/h2-7H,14H2,1H3. The zero-order chi connectivity index (χ0) is 12.4. The van der Waals surface area contributed by atoms with Gasteiger partial charge in [-0.25, -0.2) is 0 Å². The number of nitrogens with two attached hydrogens (primary N) is 1. The first kappa shape index (κ1) is 11.7. The van der Waals surface area contributed by atoms with Crippen LogP contribution in [-0.2, 0) is 0 Å². The van der Waals surface area contributed by atoms with Crippen LogP contribution in [0.4, 0.5) is 11.4 Å². The van der Waals surface area contributed by atoms with Crippen LogP contribution in [0, 0.1) is 0 Å². The third-order valence-electron chi connectivity index (χ3n) is 2.39. The molecule has 17 heavy (non-hydrogen) atoms. The Bertz CT molecular complexity index is 537. The van der Waals surface area contributed by atoms with Gasteiger partial charge in [0.25, 0.3) is 5.91 Å². The molecule has 1 heterocycles. The number of amides is 1. The lowest BCUT2D eigenvalue weighted by Crippen LogP contribution is -2.26. The fourth-order valence-electron chi connectivity index (χ4n) is 1.51. The summed E-state index contributed by atoms with van der Waals surface area (Å²) in [6.45, 7) is 0. The summed E-state index contributed by atoms with van der Waals surface area (Å²) < 4.78 is 5.93. The van der Waals surface area contributed by atoms with E-state index in [0.717, 1.165) is 4.47 Å². The number of carbonyl (C=O) groups is 1. The summed E-state index contributed by atoms with van der Waals surface area (Å²) in [6, 6.07) is 8.65. The van der Waals surface area contributed by atoms with E-state index in [1.165, 1.54) is 11.2 Å². The molecule has 0 radical (unpaired) electrons. The molecule has 2 rings (SSSR count). The van der Waals surface area contributed by atoms with Crippen molar-refractivity contribution in [2.45, 2.75) is 0 Å².